The topological polar surface area (TPSA) is 90.9 Å². The van der Waals surface area contributed by atoms with Gasteiger partial charge in [-0.15, -0.1) is 0 Å². The average Bonchev–Trinajstić information content (AvgIpc) is 2.97. The minimum absolute atomic E-state index is 0.0364. The van der Waals surface area contributed by atoms with Gasteiger partial charge in [0.05, 0.1) is 24.1 Å². The van der Waals surface area contributed by atoms with Crippen molar-refractivity contribution >= 4 is 0 Å². The standard InChI is InChI=1S/C24H32O5/c1-22-9-7-16(25)11-15(22)4-5-18-19(22)12-20(26)23(2)17(8-10-24(18,23)28)14-3-6-21(27)29-13-14/h3,6,11,13,16-20,25-26,28H,4-5,7-10,12H2,1-2H3/t16-,17+,18-,19+,20-,22+,23+,24+/m1/s1. The summed E-state index contributed by atoms with van der Waals surface area (Å²) in [4.78, 5) is 11.4. The van der Waals surface area contributed by atoms with Crippen LogP contribution in [0.1, 0.15) is 70.3 Å². The van der Waals surface area contributed by atoms with Gasteiger partial charge in [0.25, 0.3) is 0 Å². The molecule has 1 heterocycles. The summed E-state index contributed by atoms with van der Waals surface area (Å²) in [6.07, 6.45) is 8.12. The minimum Gasteiger partial charge on any atom is -0.431 e. The predicted molar refractivity (Wildman–Crippen MR) is 108 cm³/mol. The molecule has 0 saturated heterocycles. The van der Waals surface area contributed by atoms with Crippen LogP contribution in [0.15, 0.2) is 39.3 Å². The zero-order valence-electron chi connectivity index (χ0n) is 17.3. The quantitative estimate of drug-likeness (QED) is 0.630. The summed E-state index contributed by atoms with van der Waals surface area (Å²) in [6, 6.07) is 3.22. The van der Waals surface area contributed by atoms with Crippen LogP contribution in [0.5, 0.6) is 0 Å². The van der Waals surface area contributed by atoms with E-state index in [-0.39, 0.29) is 34.9 Å². The molecule has 0 spiro atoms. The Bertz CT molecular complexity index is 884. The molecule has 8 atom stereocenters. The van der Waals surface area contributed by atoms with E-state index in [0.717, 1.165) is 37.7 Å². The van der Waals surface area contributed by atoms with E-state index in [2.05, 4.69) is 6.92 Å². The van der Waals surface area contributed by atoms with E-state index < -0.39 is 17.1 Å². The summed E-state index contributed by atoms with van der Waals surface area (Å²) >= 11 is 0. The molecule has 3 N–H and O–H groups in total. The summed E-state index contributed by atoms with van der Waals surface area (Å²) in [6.45, 7) is 4.31. The smallest absolute Gasteiger partial charge is 0.335 e. The third-order valence-corrected chi connectivity index (χ3v) is 9.49. The average molecular weight is 401 g/mol. The molecule has 0 aromatic carbocycles. The number of allylic oxidation sites excluding steroid dienone is 1. The zero-order valence-corrected chi connectivity index (χ0v) is 17.3. The van der Waals surface area contributed by atoms with Crippen LogP contribution in [-0.2, 0) is 0 Å². The highest BCUT2D eigenvalue weighted by atomic mass is 16.4. The molecule has 3 saturated carbocycles. The molecular formula is C24H32O5. The van der Waals surface area contributed by atoms with Crippen LogP contribution in [0.25, 0.3) is 0 Å². The van der Waals surface area contributed by atoms with Crippen molar-refractivity contribution in [2.75, 3.05) is 0 Å². The third kappa shape index (κ3) is 2.47. The van der Waals surface area contributed by atoms with Crippen molar-refractivity contribution in [3.63, 3.8) is 0 Å². The summed E-state index contributed by atoms with van der Waals surface area (Å²) in [5.74, 6) is 0.315. The van der Waals surface area contributed by atoms with E-state index >= 15 is 0 Å². The van der Waals surface area contributed by atoms with Crippen molar-refractivity contribution in [2.24, 2.45) is 22.7 Å². The van der Waals surface area contributed by atoms with Crippen LogP contribution in [0.2, 0.25) is 0 Å². The Hall–Kier alpha value is -1.43. The molecule has 29 heavy (non-hydrogen) atoms. The summed E-state index contributed by atoms with van der Waals surface area (Å²) < 4.78 is 5.12. The van der Waals surface area contributed by atoms with Crippen LogP contribution >= 0.6 is 0 Å². The predicted octanol–water partition coefficient (Wildman–Crippen LogP) is 3.13. The highest BCUT2D eigenvalue weighted by Crippen LogP contribution is 2.69. The van der Waals surface area contributed by atoms with Gasteiger partial charge < -0.3 is 19.7 Å². The van der Waals surface area contributed by atoms with Crippen LogP contribution in [-0.4, -0.2) is 33.1 Å². The van der Waals surface area contributed by atoms with Gasteiger partial charge in [0.15, 0.2) is 0 Å². The molecule has 4 aliphatic rings. The molecule has 5 rings (SSSR count). The third-order valence-electron chi connectivity index (χ3n) is 9.49. The molecule has 158 valence electrons. The van der Waals surface area contributed by atoms with Gasteiger partial charge in [-0.2, -0.15) is 0 Å². The number of rotatable bonds is 1. The van der Waals surface area contributed by atoms with Crippen molar-refractivity contribution in [1.29, 1.82) is 0 Å². The van der Waals surface area contributed by atoms with Crippen molar-refractivity contribution in [1.82, 2.24) is 0 Å². The van der Waals surface area contributed by atoms with Gasteiger partial charge in [0.1, 0.15) is 0 Å². The van der Waals surface area contributed by atoms with E-state index in [4.69, 9.17) is 4.42 Å². The Kier molecular flexibility index (Phi) is 4.23. The van der Waals surface area contributed by atoms with Crippen LogP contribution in [0.4, 0.5) is 0 Å². The van der Waals surface area contributed by atoms with Gasteiger partial charge in [-0.25, -0.2) is 4.79 Å². The van der Waals surface area contributed by atoms with Crippen LogP contribution in [0, 0.1) is 22.7 Å². The van der Waals surface area contributed by atoms with Crippen LogP contribution in [0.3, 0.4) is 0 Å². The number of hydrogen-bond acceptors (Lipinski definition) is 5. The Morgan fingerprint density at radius 3 is 2.59 bits per heavy atom. The summed E-state index contributed by atoms with van der Waals surface area (Å²) in [5, 5.41) is 33.7. The first-order valence-corrected chi connectivity index (χ1v) is 11.1. The van der Waals surface area contributed by atoms with Gasteiger partial charge in [-0.3, -0.25) is 0 Å². The van der Waals surface area contributed by atoms with E-state index in [1.807, 2.05) is 13.0 Å². The normalized spacial score (nSPS) is 49.0. The minimum atomic E-state index is -0.944. The maximum absolute atomic E-state index is 12.2. The van der Waals surface area contributed by atoms with Gasteiger partial charge in [0, 0.05) is 11.5 Å². The lowest BCUT2D eigenvalue weighted by Crippen LogP contribution is -2.65. The Morgan fingerprint density at radius 1 is 1.07 bits per heavy atom. The molecule has 0 bridgehead atoms. The lowest BCUT2D eigenvalue weighted by Gasteiger charge is -2.63. The number of aliphatic hydroxyl groups excluding tert-OH is 2. The maximum Gasteiger partial charge on any atom is 0.335 e. The van der Waals surface area contributed by atoms with Crippen molar-refractivity contribution in [3.8, 4) is 0 Å². The molecule has 4 aliphatic carbocycles. The van der Waals surface area contributed by atoms with E-state index in [9.17, 15) is 20.1 Å². The summed E-state index contributed by atoms with van der Waals surface area (Å²) in [5.41, 5.74) is 0.161. The molecule has 0 aliphatic heterocycles. The van der Waals surface area contributed by atoms with Gasteiger partial charge >= 0.3 is 5.63 Å². The van der Waals surface area contributed by atoms with Gasteiger partial charge in [-0.1, -0.05) is 25.5 Å². The highest BCUT2D eigenvalue weighted by Gasteiger charge is 2.69. The SMILES string of the molecule is C[C@]12[C@H](O)C[C@H]3[C@@H](CCC4=C[C@H](O)CC[C@@]43C)[C@@]1(O)CC[C@H]2c1ccc(=O)oc1. The van der Waals surface area contributed by atoms with Crippen molar-refractivity contribution in [2.45, 2.75) is 82.5 Å². The summed E-state index contributed by atoms with van der Waals surface area (Å²) in [7, 11) is 0. The molecule has 1 aromatic heterocycles. The first-order chi connectivity index (χ1) is 13.7. The molecule has 5 heteroatoms. The van der Waals surface area contributed by atoms with Crippen molar-refractivity contribution in [3.05, 3.63) is 46.0 Å². The second-order valence-corrected chi connectivity index (χ2v) is 10.4. The number of fused-ring (bicyclic) bond motifs is 5. The molecule has 0 radical (unpaired) electrons. The largest absolute Gasteiger partial charge is 0.431 e. The van der Waals surface area contributed by atoms with Crippen LogP contribution < -0.4 is 5.63 Å². The molecule has 0 amide bonds. The lowest BCUT2D eigenvalue weighted by atomic mass is 9.44. The fraction of sp³-hybridized carbons (Fsp3) is 0.708. The van der Waals surface area contributed by atoms with Gasteiger partial charge in [0.2, 0.25) is 0 Å². The molecule has 1 aromatic rings. The van der Waals surface area contributed by atoms with E-state index in [0.29, 0.717) is 12.8 Å². The molecule has 5 nitrogen and oxygen atoms in total. The molecule has 0 unspecified atom stereocenters. The zero-order chi connectivity index (χ0) is 20.6. The fourth-order valence-corrected chi connectivity index (χ4v) is 7.77. The monoisotopic (exact) mass is 400 g/mol. The maximum atomic E-state index is 12.2. The van der Waals surface area contributed by atoms with E-state index in [1.165, 1.54) is 17.9 Å². The lowest BCUT2D eigenvalue weighted by molar-refractivity contribution is -0.222. The molecular weight excluding hydrogens is 368 g/mol. The first kappa shape index (κ1) is 19.5. The second-order valence-electron chi connectivity index (χ2n) is 10.4. The Morgan fingerprint density at radius 2 is 1.86 bits per heavy atom. The molecule has 3 fully saturated rings. The highest BCUT2D eigenvalue weighted by molar-refractivity contribution is 5.32. The van der Waals surface area contributed by atoms with Crippen molar-refractivity contribution < 1.29 is 19.7 Å². The Balaban J connectivity index is 1.55. The Labute approximate surface area is 171 Å². The van der Waals surface area contributed by atoms with Gasteiger partial charge in [-0.05, 0) is 79.7 Å². The second kappa shape index (κ2) is 6.29. The van der Waals surface area contributed by atoms with E-state index in [1.54, 1.807) is 6.07 Å². The first-order valence-electron chi connectivity index (χ1n) is 11.1. The number of aliphatic hydroxyl groups is 3. The fourth-order valence-electron chi connectivity index (χ4n) is 7.77. The number of hydrogen-bond donors (Lipinski definition) is 3.